The number of unbranched alkanes of at least 4 members (excludes halogenated alkanes) is 5. The van der Waals surface area contributed by atoms with E-state index < -0.39 is 11.9 Å². The zero-order chi connectivity index (χ0) is 18.9. The van der Waals surface area contributed by atoms with Crippen molar-refractivity contribution >= 4 is 11.8 Å². The van der Waals surface area contributed by atoms with E-state index in [1.165, 1.54) is 31.2 Å². The molecule has 1 rings (SSSR count). The smallest absolute Gasteiger partial charge is 0.251 e. The highest BCUT2D eigenvalue weighted by Gasteiger charge is 2.19. The fourth-order valence-electron chi connectivity index (χ4n) is 2.78. The first-order valence-electron chi connectivity index (χ1n) is 9.46. The predicted molar refractivity (Wildman–Crippen MR) is 104 cm³/mol. The van der Waals surface area contributed by atoms with Crippen molar-refractivity contribution in [1.29, 1.82) is 0 Å². The van der Waals surface area contributed by atoms with E-state index in [1.807, 2.05) is 12.1 Å². The molecular formula is C21H34N2O2. The van der Waals surface area contributed by atoms with Crippen molar-refractivity contribution in [2.75, 3.05) is 0 Å². The van der Waals surface area contributed by atoms with Crippen LogP contribution in [0.4, 0.5) is 0 Å². The monoisotopic (exact) mass is 346 g/mol. The van der Waals surface area contributed by atoms with Crippen LogP contribution in [0.3, 0.4) is 0 Å². The molecule has 0 aromatic heterocycles. The maximum absolute atomic E-state index is 12.4. The molecule has 0 saturated heterocycles. The van der Waals surface area contributed by atoms with Gasteiger partial charge in [-0.1, -0.05) is 78.4 Å². The molecule has 0 fully saturated rings. The molecule has 1 aromatic rings. The van der Waals surface area contributed by atoms with Crippen LogP contribution in [-0.4, -0.2) is 17.9 Å². The van der Waals surface area contributed by atoms with Crippen molar-refractivity contribution in [2.24, 2.45) is 5.73 Å². The van der Waals surface area contributed by atoms with Gasteiger partial charge in [-0.05, 0) is 29.5 Å². The first kappa shape index (κ1) is 21.2. The van der Waals surface area contributed by atoms with Gasteiger partial charge in [0.25, 0.3) is 5.91 Å². The van der Waals surface area contributed by atoms with Crippen LogP contribution >= 0.6 is 0 Å². The molecule has 0 unspecified atom stereocenters. The Labute approximate surface area is 152 Å². The molecule has 1 aromatic carbocycles. The van der Waals surface area contributed by atoms with Crippen LogP contribution in [0.5, 0.6) is 0 Å². The predicted octanol–water partition coefficient (Wildman–Crippen LogP) is 4.32. The summed E-state index contributed by atoms with van der Waals surface area (Å²) in [7, 11) is 0. The highest BCUT2D eigenvalue weighted by Crippen LogP contribution is 2.22. The highest BCUT2D eigenvalue weighted by molar-refractivity contribution is 5.97. The summed E-state index contributed by atoms with van der Waals surface area (Å²) in [5, 5.41) is 2.78. The molecule has 4 nitrogen and oxygen atoms in total. The largest absolute Gasteiger partial charge is 0.368 e. The van der Waals surface area contributed by atoms with E-state index in [1.54, 1.807) is 12.1 Å². The Morgan fingerprint density at radius 1 is 1.00 bits per heavy atom. The van der Waals surface area contributed by atoms with Crippen LogP contribution in [0.25, 0.3) is 0 Å². The van der Waals surface area contributed by atoms with E-state index >= 15 is 0 Å². The number of rotatable bonds is 10. The highest BCUT2D eigenvalue weighted by atomic mass is 16.2. The summed E-state index contributed by atoms with van der Waals surface area (Å²) in [6, 6.07) is 6.93. The summed E-state index contributed by atoms with van der Waals surface area (Å²) in [6.07, 6.45) is 7.44. The number of carbonyl (C=O) groups excluding carboxylic acids is 2. The maximum Gasteiger partial charge on any atom is 0.251 e. The number of hydrogen-bond acceptors (Lipinski definition) is 2. The van der Waals surface area contributed by atoms with Crippen LogP contribution in [0.2, 0.25) is 0 Å². The summed E-state index contributed by atoms with van der Waals surface area (Å²) >= 11 is 0. The van der Waals surface area contributed by atoms with Crippen molar-refractivity contribution in [3.8, 4) is 0 Å². The van der Waals surface area contributed by atoms with Crippen molar-refractivity contribution in [3.05, 3.63) is 35.4 Å². The van der Waals surface area contributed by atoms with E-state index in [4.69, 9.17) is 5.73 Å². The van der Waals surface area contributed by atoms with Crippen LogP contribution < -0.4 is 11.1 Å². The summed E-state index contributed by atoms with van der Waals surface area (Å²) in [6.45, 7) is 8.58. The number of nitrogens with one attached hydrogen (secondary N) is 1. The maximum atomic E-state index is 12.4. The number of carbonyl (C=O) groups is 2. The van der Waals surface area contributed by atoms with Gasteiger partial charge < -0.3 is 11.1 Å². The Hall–Kier alpha value is -1.84. The van der Waals surface area contributed by atoms with Gasteiger partial charge in [0.2, 0.25) is 5.91 Å². The number of benzene rings is 1. The van der Waals surface area contributed by atoms with Gasteiger partial charge in [0, 0.05) is 5.56 Å². The summed E-state index contributed by atoms with van der Waals surface area (Å²) in [5.41, 5.74) is 7.22. The van der Waals surface area contributed by atoms with Gasteiger partial charge in [-0.3, -0.25) is 9.59 Å². The number of hydrogen-bond donors (Lipinski definition) is 2. The van der Waals surface area contributed by atoms with E-state index in [9.17, 15) is 9.59 Å². The second-order valence-corrected chi connectivity index (χ2v) is 7.81. The summed E-state index contributed by atoms with van der Waals surface area (Å²) < 4.78 is 0. The minimum atomic E-state index is -0.596. The molecule has 0 aliphatic heterocycles. The quantitative estimate of drug-likeness (QED) is 0.619. The molecule has 25 heavy (non-hydrogen) atoms. The molecule has 0 bridgehead atoms. The van der Waals surface area contributed by atoms with E-state index in [0.717, 1.165) is 12.8 Å². The normalized spacial score (nSPS) is 12.6. The van der Waals surface area contributed by atoms with Gasteiger partial charge in [-0.2, -0.15) is 0 Å². The molecule has 2 amide bonds. The molecule has 3 N–H and O–H groups in total. The molecule has 0 aliphatic carbocycles. The van der Waals surface area contributed by atoms with Gasteiger partial charge in [-0.15, -0.1) is 0 Å². The molecule has 1 atom stereocenters. The lowest BCUT2D eigenvalue weighted by molar-refractivity contribution is -0.120. The lowest BCUT2D eigenvalue weighted by Gasteiger charge is -2.19. The number of amides is 2. The standard InChI is InChI=1S/C21H34N2O2/c1-5-6-7-8-9-10-11-18(19(22)24)23-20(25)16-12-14-17(15-13-16)21(2,3)4/h12-15,18H,5-11H2,1-4H3,(H2,22,24)(H,23,25)/t18-/m0/s1. The summed E-state index contributed by atoms with van der Waals surface area (Å²) in [4.78, 5) is 24.0. The Balaban J connectivity index is 2.54. The fourth-order valence-corrected chi connectivity index (χ4v) is 2.78. The van der Waals surface area contributed by atoms with Gasteiger partial charge in [0.05, 0.1) is 0 Å². The third-order valence-corrected chi connectivity index (χ3v) is 4.51. The molecule has 0 aliphatic rings. The SMILES string of the molecule is CCCCCCCC[C@H](NC(=O)c1ccc(C(C)(C)C)cc1)C(N)=O. The third kappa shape index (κ3) is 7.72. The van der Waals surface area contributed by atoms with E-state index in [2.05, 4.69) is 33.0 Å². The van der Waals surface area contributed by atoms with E-state index in [-0.39, 0.29) is 11.3 Å². The first-order valence-corrected chi connectivity index (χ1v) is 9.46. The molecular weight excluding hydrogens is 312 g/mol. The summed E-state index contributed by atoms with van der Waals surface area (Å²) in [5.74, 6) is -0.705. The Morgan fingerprint density at radius 3 is 2.08 bits per heavy atom. The Morgan fingerprint density at radius 2 is 1.56 bits per heavy atom. The average Bonchev–Trinajstić information content (AvgIpc) is 2.55. The molecule has 140 valence electrons. The van der Waals surface area contributed by atoms with Gasteiger partial charge in [0.15, 0.2) is 0 Å². The number of primary amides is 1. The van der Waals surface area contributed by atoms with Crippen molar-refractivity contribution in [3.63, 3.8) is 0 Å². The van der Waals surface area contributed by atoms with Crippen LogP contribution in [0.1, 0.15) is 88.6 Å². The topological polar surface area (TPSA) is 72.2 Å². The average molecular weight is 347 g/mol. The molecule has 0 radical (unpaired) electrons. The second-order valence-electron chi connectivity index (χ2n) is 7.81. The third-order valence-electron chi connectivity index (χ3n) is 4.51. The van der Waals surface area contributed by atoms with Crippen LogP contribution in [0, 0.1) is 0 Å². The lowest BCUT2D eigenvalue weighted by atomic mass is 9.86. The van der Waals surface area contributed by atoms with E-state index in [0.29, 0.717) is 12.0 Å². The van der Waals surface area contributed by atoms with Crippen molar-refractivity contribution in [2.45, 2.75) is 84.1 Å². The van der Waals surface area contributed by atoms with Crippen LogP contribution in [-0.2, 0) is 10.2 Å². The molecule has 0 spiro atoms. The van der Waals surface area contributed by atoms with Crippen molar-refractivity contribution in [1.82, 2.24) is 5.32 Å². The Bertz CT molecular complexity index is 544. The lowest BCUT2D eigenvalue weighted by Crippen LogP contribution is -2.44. The van der Waals surface area contributed by atoms with Crippen LogP contribution in [0.15, 0.2) is 24.3 Å². The molecule has 0 saturated carbocycles. The zero-order valence-corrected chi connectivity index (χ0v) is 16.2. The minimum absolute atomic E-state index is 0.0442. The van der Waals surface area contributed by atoms with Gasteiger partial charge in [-0.25, -0.2) is 0 Å². The Kier molecular flexibility index (Phi) is 8.67. The molecule has 0 heterocycles. The number of nitrogens with two attached hydrogens (primary N) is 1. The molecule has 4 heteroatoms. The van der Waals surface area contributed by atoms with Gasteiger partial charge >= 0.3 is 0 Å². The second kappa shape index (κ2) is 10.2. The minimum Gasteiger partial charge on any atom is -0.368 e. The zero-order valence-electron chi connectivity index (χ0n) is 16.2. The van der Waals surface area contributed by atoms with Crippen molar-refractivity contribution < 1.29 is 9.59 Å². The van der Waals surface area contributed by atoms with Gasteiger partial charge in [0.1, 0.15) is 6.04 Å². The fraction of sp³-hybridized carbons (Fsp3) is 0.619. The first-order chi connectivity index (χ1) is 11.8.